The Hall–Kier alpha value is -2.03. The molecule has 2 aromatic heterocycles. The highest BCUT2D eigenvalue weighted by Gasteiger charge is 2.43. The van der Waals surface area contributed by atoms with Gasteiger partial charge in [0.05, 0.1) is 6.61 Å². The lowest BCUT2D eigenvalue weighted by Crippen LogP contribution is -2.59. The number of aliphatic hydroxyl groups is 1. The average Bonchev–Trinajstić information content (AvgIpc) is 3.14. The summed E-state index contributed by atoms with van der Waals surface area (Å²) in [5.74, 6) is 1.21. The summed E-state index contributed by atoms with van der Waals surface area (Å²) in [5, 5.41) is 19.7. The van der Waals surface area contributed by atoms with Crippen molar-refractivity contribution in [1.29, 1.82) is 0 Å². The first-order chi connectivity index (χ1) is 13.6. The Morgan fingerprint density at radius 1 is 1.25 bits per heavy atom. The van der Waals surface area contributed by atoms with Crippen LogP contribution in [-0.2, 0) is 9.53 Å². The zero-order chi connectivity index (χ0) is 19.6. The number of carbonyl (C=O) groups excluding carboxylic acids is 1. The van der Waals surface area contributed by atoms with Crippen molar-refractivity contribution in [3.05, 3.63) is 30.2 Å². The van der Waals surface area contributed by atoms with Gasteiger partial charge in [0.15, 0.2) is 11.2 Å². The van der Waals surface area contributed by atoms with Crippen LogP contribution in [0.1, 0.15) is 37.4 Å². The lowest BCUT2D eigenvalue weighted by atomic mass is 9.89. The molecule has 28 heavy (non-hydrogen) atoms. The molecule has 1 atom stereocenters. The molecule has 2 aromatic rings. The molecule has 0 unspecified atom stereocenters. The predicted molar refractivity (Wildman–Crippen MR) is 104 cm³/mol. The minimum absolute atomic E-state index is 0.152. The van der Waals surface area contributed by atoms with Crippen LogP contribution in [0.4, 0.5) is 0 Å². The maximum absolute atomic E-state index is 12.8. The van der Waals surface area contributed by atoms with Gasteiger partial charge < -0.3 is 14.7 Å². The molecule has 0 aliphatic carbocycles. The van der Waals surface area contributed by atoms with Gasteiger partial charge in [-0.1, -0.05) is 6.07 Å². The number of rotatable bonds is 6. The summed E-state index contributed by atoms with van der Waals surface area (Å²) >= 11 is 0. The van der Waals surface area contributed by atoms with E-state index in [9.17, 15) is 9.90 Å². The molecule has 1 amide bonds. The van der Waals surface area contributed by atoms with E-state index < -0.39 is 5.60 Å². The van der Waals surface area contributed by atoms with E-state index in [1.54, 1.807) is 12.0 Å². The van der Waals surface area contributed by atoms with E-state index >= 15 is 0 Å². The zero-order valence-electron chi connectivity index (χ0n) is 16.5. The van der Waals surface area contributed by atoms with Crippen LogP contribution in [-0.4, -0.2) is 87.5 Å². The van der Waals surface area contributed by atoms with Crippen LogP contribution in [0.5, 0.6) is 0 Å². The molecule has 0 spiro atoms. The fraction of sp³-hybridized carbons (Fsp3) is 0.650. The number of carbonyl (C=O) groups is 1. The third-order valence-corrected chi connectivity index (χ3v) is 6.05. The minimum atomic E-state index is -1.28. The number of ether oxygens (including phenoxy) is 1. The van der Waals surface area contributed by atoms with Crippen LogP contribution in [0.3, 0.4) is 0 Å². The third-order valence-electron chi connectivity index (χ3n) is 6.05. The number of methoxy groups -OCH3 is 1. The fourth-order valence-electron chi connectivity index (χ4n) is 4.48. The van der Waals surface area contributed by atoms with E-state index in [0.717, 1.165) is 43.8 Å². The van der Waals surface area contributed by atoms with E-state index in [4.69, 9.17) is 4.74 Å². The number of aromatic nitrogens is 3. The number of hydrogen-bond donors (Lipinski definition) is 1. The number of piperidine rings is 2. The summed E-state index contributed by atoms with van der Waals surface area (Å²) in [7, 11) is 1.63. The number of likely N-dealkylation sites (tertiary alicyclic amines) is 2. The predicted octanol–water partition coefficient (Wildman–Crippen LogP) is 0.909. The van der Waals surface area contributed by atoms with Crippen LogP contribution >= 0.6 is 0 Å². The van der Waals surface area contributed by atoms with Gasteiger partial charge >= 0.3 is 0 Å². The van der Waals surface area contributed by atoms with E-state index in [1.807, 2.05) is 24.4 Å². The SMILES string of the molecule is COCCN1CCC[C@@](O)(CN2CCC(c3nnc4ccccn34)CC2)C1=O. The highest BCUT2D eigenvalue weighted by atomic mass is 16.5. The minimum Gasteiger partial charge on any atom is -0.383 e. The van der Waals surface area contributed by atoms with Gasteiger partial charge in [0.25, 0.3) is 5.91 Å². The summed E-state index contributed by atoms with van der Waals surface area (Å²) < 4.78 is 7.15. The van der Waals surface area contributed by atoms with Crippen LogP contribution in [0.2, 0.25) is 0 Å². The first-order valence-corrected chi connectivity index (χ1v) is 10.1. The summed E-state index contributed by atoms with van der Waals surface area (Å²) in [5.41, 5.74) is -0.404. The maximum atomic E-state index is 12.8. The van der Waals surface area contributed by atoms with E-state index in [-0.39, 0.29) is 5.91 Å². The second kappa shape index (κ2) is 8.14. The van der Waals surface area contributed by atoms with Crippen LogP contribution < -0.4 is 0 Å². The van der Waals surface area contributed by atoms with Gasteiger partial charge in [0.1, 0.15) is 5.82 Å². The lowest BCUT2D eigenvalue weighted by molar-refractivity contribution is -0.160. The highest BCUT2D eigenvalue weighted by molar-refractivity contribution is 5.86. The van der Waals surface area contributed by atoms with Gasteiger partial charge in [-0.25, -0.2) is 0 Å². The molecule has 2 aliphatic heterocycles. The Labute approximate surface area is 165 Å². The van der Waals surface area contributed by atoms with Crippen molar-refractivity contribution in [2.45, 2.75) is 37.2 Å². The molecular formula is C20H29N5O3. The smallest absolute Gasteiger partial charge is 0.255 e. The van der Waals surface area contributed by atoms with E-state index in [1.165, 1.54) is 0 Å². The number of hydrogen-bond acceptors (Lipinski definition) is 6. The standard InChI is InChI=1S/C20H29N5O3/c1-28-14-13-24-9-4-8-20(27,19(24)26)15-23-11-6-16(7-12-23)18-22-21-17-5-2-3-10-25(17)18/h2-3,5,10,16,27H,4,6-9,11-15H2,1H3/t20-/m1/s1. The van der Waals surface area contributed by atoms with Crippen molar-refractivity contribution in [2.75, 3.05) is 46.4 Å². The molecule has 4 heterocycles. The summed E-state index contributed by atoms with van der Waals surface area (Å²) in [4.78, 5) is 16.8. The Balaban J connectivity index is 1.36. The molecule has 1 N–H and O–H groups in total. The molecule has 2 fully saturated rings. The van der Waals surface area contributed by atoms with Crippen LogP contribution in [0, 0.1) is 0 Å². The number of amides is 1. The third kappa shape index (κ3) is 3.76. The van der Waals surface area contributed by atoms with Gasteiger partial charge in [0, 0.05) is 38.9 Å². The molecule has 2 saturated heterocycles. The Morgan fingerprint density at radius 2 is 2.07 bits per heavy atom. The Kier molecular flexibility index (Phi) is 5.61. The zero-order valence-corrected chi connectivity index (χ0v) is 16.5. The monoisotopic (exact) mass is 387 g/mol. The van der Waals surface area contributed by atoms with Gasteiger partial charge in [-0.05, 0) is 50.9 Å². The number of pyridine rings is 1. The largest absolute Gasteiger partial charge is 0.383 e. The molecule has 2 aliphatic rings. The number of β-amino-alcohol motifs (C(OH)–C–C–N with tert-alkyl or cyclic N) is 1. The first kappa shape index (κ1) is 19.3. The van der Waals surface area contributed by atoms with Gasteiger partial charge in [-0.15, -0.1) is 10.2 Å². The molecular weight excluding hydrogens is 358 g/mol. The second-order valence-corrected chi connectivity index (χ2v) is 7.96. The highest BCUT2D eigenvalue weighted by Crippen LogP contribution is 2.30. The first-order valence-electron chi connectivity index (χ1n) is 10.1. The van der Waals surface area contributed by atoms with Crippen molar-refractivity contribution in [1.82, 2.24) is 24.4 Å². The molecule has 152 valence electrons. The van der Waals surface area contributed by atoms with Crippen molar-refractivity contribution in [3.63, 3.8) is 0 Å². The van der Waals surface area contributed by atoms with Gasteiger partial charge in [-0.3, -0.25) is 14.1 Å². The summed E-state index contributed by atoms with van der Waals surface area (Å²) in [6.07, 6.45) is 5.27. The molecule has 8 heteroatoms. The van der Waals surface area contributed by atoms with Gasteiger partial charge in [-0.2, -0.15) is 0 Å². The normalized spacial score (nSPS) is 24.9. The van der Waals surface area contributed by atoms with Gasteiger partial charge in [0.2, 0.25) is 0 Å². The van der Waals surface area contributed by atoms with Crippen LogP contribution in [0.15, 0.2) is 24.4 Å². The number of fused-ring (bicyclic) bond motifs is 1. The van der Waals surface area contributed by atoms with Crippen LogP contribution in [0.25, 0.3) is 5.65 Å². The molecule has 0 bridgehead atoms. The lowest BCUT2D eigenvalue weighted by Gasteiger charge is -2.42. The van der Waals surface area contributed by atoms with Crippen molar-refractivity contribution in [3.8, 4) is 0 Å². The van der Waals surface area contributed by atoms with E-state index in [2.05, 4.69) is 19.5 Å². The second-order valence-electron chi connectivity index (χ2n) is 7.96. The molecule has 0 saturated carbocycles. The summed E-state index contributed by atoms with van der Waals surface area (Å²) in [6, 6.07) is 5.92. The average molecular weight is 387 g/mol. The Morgan fingerprint density at radius 3 is 2.86 bits per heavy atom. The fourth-order valence-corrected chi connectivity index (χ4v) is 4.48. The van der Waals surface area contributed by atoms with Crippen molar-refractivity contribution < 1.29 is 14.6 Å². The molecule has 0 aromatic carbocycles. The topological polar surface area (TPSA) is 83.2 Å². The summed E-state index contributed by atoms with van der Waals surface area (Å²) in [6.45, 7) is 3.84. The van der Waals surface area contributed by atoms with E-state index in [0.29, 0.717) is 38.6 Å². The molecule has 4 rings (SSSR count). The van der Waals surface area contributed by atoms with Crippen molar-refractivity contribution in [2.24, 2.45) is 0 Å². The van der Waals surface area contributed by atoms with Crippen molar-refractivity contribution >= 4 is 11.6 Å². The maximum Gasteiger partial charge on any atom is 0.255 e. The molecule has 0 radical (unpaired) electrons. The molecule has 8 nitrogen and oxygen atoms in total. The quantitative estimate of drug-likeness (QED) is 0.793. The Bertz CT molecular complexity index is 817. The number of nitrogens with zero attached hydrogens (tertiary/aromatic N) is 5.